The van der Waals surface area contributed by atoms with Gasteiger partial charge in [-0.25, -0.2) is 0 Å². The molecule has 0 bridgehead atoms. The van der Waals surface area contributed by atoms with E-state index in [2.05, 4.69) is 55.3 Å². The molecule has 108 valence electrons. The van der Waals surface area contributed by atoms with Gasteiger partial charge in [-0.2, -0.15) is 0 Å². The summed E-state index contributed by atoms with van der Waals surface area (Å²) in [5.41, 5.74) is 2.60. The molecule has 0 aliphatic heterocycles. The molecule has 0 aliphatic carbocycles. The lowest BCUT2D eigenvalue weighted by atomic mass is 10.1. The molecule has 0 fully saturated rings. The molecule has 19 heavy (non-hydrogen) atoms. The molecular formula is C16H28N2O. The number of nitrogens with one attached hydrogen (secondary N) is 1. The van der Waals surface area contributed by atoms with Crippen LogP contribution in [0, 0.1) is 5.92 Å². The summed E-state index contributed by atoms with van der Waals surface area (Å²) in [7, 11) is 3.74. The highest BCUT2D eigenvalue weighted by Crippen LogP contribution is 2.20. The number of benzene rings is 1. The Morgan fingerprint density at radius 1 is 1.16 bits per heavy atom. The number of nitrogens with zero attached hydrogens (tertiary/aromatic N) is 1. The van der Waals surface area contributed by atoms with Crippen LogP contribution in [0.4, 0.5) is 5.69 Å². The first-order chi connectivity index (χ1) is 9.08. The highest BCUT2D eigenvalue weighted by Gasteiger charge is 2.09. The van der Waals surface area contributed by atoms with E-state index >= 15 is 0 Å². The van der Waals surface area contributed by atoms with Crippen molar-refractivity contribution in [2.24, 2.45) is 5.92 Å². The van der Waals surface area contributed by atoms with Crippen molar-refractivity contribution in [3.05, 3.63) is 29.8 Å². The van der Waals surface area contributed by atoms with Crippen molar-refractivity contribution in [3.8, 4) is 0 Å². The van der Waals surface area contributed by atoms with Gasteiger partial charge in [-0.1, -0.05) is 26.0 Å². The number of rotatable bonds is 8. The van der Waals surface area contributed by atoms with E-state index in [9.17, 15) is 0 Å². The third-order valence-electron chi connectivity index (χ3n) is 3.34. The van der Waals surface area contributed by atoms with E-state index in [1.165, 1.54) is 11.3 Å². The van der Waals surface area contributed by atoms with Crippen LogP contribution in [-0.2, 0) is 4.74 Å². The van der Waals surface area contributed by atoms with Gasteiger partial charge in [0, 0.05) is 31.9 Å². The van der Waals surface area contributed by atoms with E-state index in [-0.39, 0.29) is 0 Å². The molecule has 1 atom stereocenters. The van der Waals surface area contributed by atoms with Crippen molar-refractivity contribution in [3.63, 3.8) is 0 Å². The molecule has 1 aromatic rings. The van der Waals surface area contributed by atoms with Gasteiger partial charge in [0.05, 0.1) is 6.61 Å². The zero-order chi connectivity index (χ0) is 14.3. The van der Waals surface area contributed by atoms with Gasteiger partial charge >= 0.3 is 0 Å². The highest BCUT2D eigenvalue weighted by atomic mass is 16.5. The molecule has 0 radical (unpaired) electrons. The van der Waals surface area contributed by atoms with Crippen LogP contribution in [0.25, 0.3) is 0 Å². The summed E-state index contributed by atoms with van der Waals surface area (Å²) in [6, 6.07) is 9.22. The van der Waals surface area contributed by atoms with Crippen molar-refractivity contribution >= 4 is 5.69 Å². The Labute approximate surface area is 118 Å². The number of hydrogen-bond acceptors (Lipinski definition) is 3. The summed E-state index contributed by atoms with van der Waals surface area (Å²) >= 11 is 0. The lowest BCUT2D eigenvalue weighted by Crippen LogP contribution is -2.30. The Kier molecular flexibility index (Phi) is 6.89. The zero-order valence-electron chi connectivity index (χ0n) is 12.9. The Balaban J connectivity index is 2.77. The van der Waals surface area contributed by atoms with Crippen LogP contribution in [0.2, 0.25) is 0 Å². The molecule has 3 heteroatoms. The third kappa shape index (κ3) is 5.21. The van der Waals surface area contributed by atoms with Crippen LogP contribution in [0.3, 0.4) is 0 Å². The summed E-state index contributed by atoms with van der Waals surface area (Å²) in [5, 5.41) is 3.26. The average molecular weight is 264 g/mol. The molecule has 0 aromatic heterocycles. The second-order valence-corrected chi connectivity index (χ2v) is 5.43. The van der Waals surface area contributed by atoms with Gasteiger partial charge in [0.25, 0.3) is 0 Å². The monoisotopic (exact) mass is 264 g/mol. The Morgan fingerprint density at radius 3 is 2.26 bits per heavy atom. The van der Waals surface area contributed by atoms with Crippen molar-refractivity contribution in [1.29, 1.82) is 0 Å². The molecule has 1 unspecified atom stereocenters. The predicted octanol–water partition coefficient (Wildman–Crippen LogP) is 3.08. The van der Waals surface area contributed by atoms with E-state index in [0.29, 0.717) is 12.0 Å². The molecule has 0 spiro atoms. The van der Waals surface area contributed by atoms with Gasteiger partial charge in [0.1, 0.15) is 0 Å². The first-order valence-corrected chi connectivity index (χ1v) is 7.09. The average Bonchev–Trinajstić information content (AvgIpc) is 2.42. The first kappa shape index (κ1) is 16.0. The van der Waals surface area contributed by atoms with Crippen molar-refractivity contribution in [2.45, 2.75) is 26.8 Å². The summed E-state index contributed by atoms with van der Waals surface area (Å²) < 4.78 is 5.20. The largest absolute Gasteiger partial charge is 0.383 e. The Hall–Kier alpha value is -1.06. The minimum absolute atomic E-state index is 0.395. The summed E-state index contributed by atoms with van der Waals surface area (Å²) in [4.78, 5) is 2.39. The van der Waals surface area contributed by atoms with Crippen LogP contribution < -0.4 is 10.2 Å². The van der Waals surface area contributed by atoms with E-state index in [0.717, 1.165) is 19.7 Å². The minimum Gasteiger partial charge on any atom is -0.383 e. The van der Waals surface area contributed by atoms with Gasteiger partial charge < -0.3 is 15.0 Å². The smallest absolute Gasteiger partial charge is 0.0637 e. The van der Waals surface area contributed by atoms with E-state index in [1.54, 1.807) is 7.11 Å². The molecule has 1 N–H and O–H groups in total. The van der Waals surface area contributed by atoms with Crippen LogP contribution in [0.5, 0.6) is 0 Å². The maximum Gasteiger partial charge on any atom is 0.0637 e. The number of anilines is 1. The highest BCUT2D eigenvalue weighted by molar-refractivity contribution is 5.48. The van der Waals surface area contributed by atoms with Gasteiger partial charge in [0.2, 0.25) is 0 Å². The molecule has 0 amide bonds. The fourth-order valence-electron chi connectivity index (χ4n) is 2.11. The summed E-state index contributed by atoms with van der Waals surface area (Å²) in [5.74, 6) is 0.646. The predicted molar refractivity (Wildman–Crippen MR) is 82.8 cm³/mol. The maximum absolute atomic E-state index is 5.20. The molecular weight excluding hydrogens is 236 g/mol. The number of methoxy groups -OCH3 is 1. The zero-order valence-corrected chi connectivity index (χ0v) is 12.9. The van der Waals surface area contributed by atoms with Crippen molar-refractivity contribution < 1.29 is 4.74 Å². The van der Waals surface area contributed by atoms with Gasteiger partial charge in [-0.3, -0.25) is 0 Å². The first-order valence-electron chi connectivity index (χ1n) is 7.09. The van der Waals surface area contributed by atoms with E-state index in [4.69, 9.17) is 4.74 Å². The van der Waals surface area contributed by atoms with Crippen LogP contribution in [0.1, 0.15) is 32.4 Å². The number of hydrogen-bond donors (Lipinski definition) is 1. The maximum atomic E-state index is 5.20. The fourth-order valence-corrected chi connectivity index (χ4v) is 2.11. The lowest BCUT2D eigenvalue weighted by Gasteiger charge is -2.27. The van der Waals surface area contributed by atoms with Gasteiger partial charge in [-0.15, -0.1) is 0 Å². The topological polar surface area (TPSA) is 24.5 Å². The molecule has 0 saturated carbocycles. The molecule has 0 saturated heterocycles. The fraction of sp³-hybridized carbons (Fsp3) is 0.625. The summed E-state index contributed by atoms with van der Waals surface area (Å²) in [6.45, 7) is 9.43. The molecule has 3 nitrogen and oxygen atoms in total. The van der Waals surface area contributed by atoms with Crippen LogP contribution in [0.15, 0.2) is 24.3 Å². The second kappa shape index (κ2) is 8.18. The molecule has 1 aromatic carbocycles. The standard InChI is InChI=1S/C16H28N2O/c1-13(2)12-18(10-11-19-5)16-8-6-15(7-9-16)14(3)17-4/h6-9,13-14,17H,10-12H2,1-5H3. The normalized spacial score (nSPS) is 12.7. The lowest BCUT2D eigenvalue weighted by molar-refractivity contribution is 0.204. The SMILES string of the molecule is CNC(C)c1ccc(N(CCOC)CC(C)C)cc1. The third-order valence-corrected chi connectivity index (χ3v) is 3.34. The van der Waals surface area contributed by atoms with Crippen molar-refractivity contribution in [2.75, 3.05) is 38.8 Å². The minimum atomic E-state index is 0.395. The summed E-state index contributed by atoms with van der Waals surface area (Å²) in [6.07, 6.45) is 0. The Morgan fingerprint density at radius 2 is 1.79 bits per heavy atom. The second-order valence-electron chi connectivity index (χ2n) is 5.43. The van der Waals surface area contributed by atoms with Crippen LogP contribution >= 0.6 is 0 Å². The van der Waals surface area contributed by atoms with E-state index in [1.807, 2.05) is 7.05 Å². The van der Waals surface area contributed by atoms with Gasteiger partial charge in [0.15, 0.2) is 0 Å². The molecule has 0 heterocycles. The van der Waals surface area contributed by atoms with E-state index < -0.39 is 0 Å². The Bertz CT molecular complexity index is 348. The molecule has 1 rings (SSSR count). The quantitative estimate of drug-likeness (QED) is 0.781. The van der Waals surface area contributed by atoms with Gasteiger partial charge in [-0.05, 0) is 37.6 Å². The number of ether oxygens (including phenoxy) is 1. The van der Waals surface area contributed by atoms with Crippen LogP contribution in [-0.4, -0.2) is 33.9 Å². The van der Waals surface area contributed by atoms with Crippen molar-refractivity contribution in [1.82, 2.24) is 5.32 Å². The molecule has 0 aliphatic rings.